The minimum Gasteiger partial charge on any atom is -0.473 e. The van der Waals surface area contributed by atoms with E-state index >= 15 is 0 Å². The molecule has 0 spiro atoms. The first kappa shape index (κ1) is 17.4. The van der Waals surface area contributed by atoms with Crippen LogP contribution >= 0.6 is 0 Å². The lowest BCUT2D eigenvalue weighted by molar-refractivity contribution is 0.101. The molecule has 0 N–H and O–H groups in total. The highest BCUT2D eigenvalue weighted by atomic mass is 19.1. The maximum atomic E-state index is 14.2. The molecule has 2 aliphatic rings. The highest BCUT2D eigenvalue weighted by Crippen LogP contribution is 2.42. The Kier molecular flexibility index (Phi) is 4.01. The van der Waals surface area contributed by atoms with Gasteiger partial charge in [-0.15, -0.1) is 0 Å². The van der Waals surface area contributed by atoms with Gasteiger partial charge in [-0.3, -0.25) is 9.78 Å². The van der Waals surface area contributed by atoms with Crippen molar-refractivity contribution in [3.63, 3.8) is 0 Å². The maximum absolute atomic E-state index is 14.2. The average molecular weight is 392 g/mol. The molecule has 29 heavy (non-hydrogen) atoms. The van der Waals surface area contributed by atoms with Crippen molar-refractivity contribution in [2.45, 2.75) is 6.54 Å². The number of rotatable bonds is 2. The number of fused-ring (bicyclic) bond motifs is 3. The third-order valence-corrected chi connectivity index (χ3v) is 4.88. The van der Waals surface area contributed by atoms with E-state index in [9.17, 15) is 13.6 Å². The molecule has 0 unspecified atom stereocenters. The molecule has 0 bridgehead atoms. The van der Waals surface area contributed by atoms with Gasteiger partial charge in [-0.05, 0) is 48.0 Å². The fraction of sp³-hybridized carbons (Fsp3) is 0.0909. The second-order valence-corrected chi connectivity index (χ2v) is 6.71. The summed E-state index contributed by atoms with van der Waals surface area (Å²) >= 11 is 0. The molecule has 3 heterocycles. The van der Waals surface area contributed by atoms with Crippen LogP contribution in [0.5, 0.6) is 11.5 Å². The summed E-state index contributed by atoms with van der Waals surface area (Å²) < 4.78 is 39.1. The lowest BCUT2D eigenvalue weighted by atomic mass is 10.0. The number of carbonyl (C=O) groups excluding carboxylic acids is 1. The number of halogens is 2. The second kappa shape index (κ2) is 6.70. The fourth-order valence-corrected chi connectivity index (χ4v) is 3.46. The molecule has 0 atom stereocenters. The lowest BCUT2D eigenvalue weighted by Crippen LogP contribution is -2.32. The molecule has 0 radical (unpaired) electrons. The monoisotopic (exact) mass is 392 g/mol. The van der Waals surface area contributed by atoms with Crippen LogP contribution in [0.2, 0.25) is 0 Å². The molecule has 2 aromatic carbocycles. The Morgan fingerprint density at radius 2 is 1.90 bits per heavy atom. The van der Waals surface area contributed by atoms with Crippen molar-refractivity contribution in [1.29, 1.82) is 0 Å². The van der Waals surface area contributed by atoms with E-state index in [0.29, 0.717) is 22.6 Å². The molecule has 0 saturated heterocycles. The number of aromatic nitrogens is 1. The van der Waals surface area contributed by atoms with E-state index in [-0.39, 0.29) is 30.5 Å². The Labute approximate surface area is 164 Å². The molecule has 3 aromatic rings. The molecule has 0 amide bonds. The van der Waals surface area contributed by atoms with Gasteiger partial charge in [0.05, 0.1) is 23.4 Å². The second-order valence-electron chi connectivity index (χ2n) is 6.71. The van der Waals surface area contributed by atoms with E-state index in [0.717, 1.165) is 11.6 Å². The van der Waals surface area contributed by atoms with Crippen LogP contribution in [-0.4, -0.2) is 17.5 Å². The molecular weight excluding hydrogens is 378 g/mol. The van der Waals surface area contributed by atoms with Crippen LogP contribution in [0.3, 0.4) is 0 Å². The summed E-state index contributed by atoms with van der Waals surface area (Å²) in [6.07, 6.45) is 4.91. The van der Waals surface area contributed by atoms with E-state index in [1.54, 1.807) is 47.6 Å². The minimum atomic E-state index is -0.681. The summed E-state index contributed by atoms with van der Waals surface area (Å²) in [5, 5.41) is 0. The third-order valence-electron chi connectivity index (χ3n) is 4.88. The van der Waals surface area contributed by atoms with Crippen LogP contribution in [0.25, 0.3) is 6.08 Å². The Bertz CT molecular complexity index is 1160. The number of pyridine rings is 1. The third kappa shape index (κ3) is 3.00. The minimum absolute atomic E-state index is 0.0992. The number of Topliss-reactive ketones (excluding diaryl/α,β-unsaturated/α-hetero) is 1. The quantitative estimate of drug-likeness (QED) is 0.608. The SMILES string of the molecule is O=C1/C(=C/c2ccncc2)Oc2c1ccc1c2CN(c2ccc(F)cc2F)CO1. The summed E-state index contributed by atoms with van der Waals surface area (Å²) in [5.41, 5.74) is 2.07. The van der Waals surface area contributed by atoms with Crippen LogP contribution in [0, 0.1) is 11.6 Å². The Hall–Kier alpha value is -3.74. The Morgan fingerprint density at radius 3 is 2.69 bits per heavy atom. The number of anilines is 1. The van der Waals surface area contributed by atoms with Crippen molar-refractivity contribution in [2.24, 2.45) is 0 Å². The molecule has 0 fully saturated rings. The predicted molar refractivity (Wildman–Crippen MR) is 102 cm³/mol. The number of benzene rings is 2. The van der Waals surface area contributed by atoms with Crippen molar-refractivity contribution in [3.05, 3.63) is 88.9 Å². The van der Waals surface area contributed by atoms with Crippen LogP contribution in [0.1, 0.15) is 21.5 Å². The van der Waals surface area contributed by atoms with Crippen LogP contribution < -0.4 is 14.4 Å². The van der Waals surface area contributed by atoms with Gasteiger partial charge in [0, 0.05) is 18.5 Å². The van der Waals surface area contributed by atoms with E-state index < -0.39 is 11.6 Å². The summed E-state index contributed by atoms with van der Waals surface area (Å²) in [7, 11) is 0. The first-order chi connectivity index (χ1) is 14.1. The van der Waals surface area contributed by atoms with E-state index in [1.165, 1.54) is 12.1 Å². The van der Waals surface area contributed by atoms with Gasteiger partial charge in [0.2, 0.25) is 5.78 Å². The zero-order chi connectivity index (χ0) is 20.0. The molecule has 0 saturated carbocycles. The topological polar surface area (TPSA) is 51.7 Å². The lowest BCUT2D eigenvalue weighted by Gasteiger charge is -2.31. The molecule has 7 heteroatoms. The van der Waals surface area contributed by atoms with Crippen LogP contribution in [0.15, 0.2) is 60.6 Å². The Balaban J connectivity index is 1.50. The number of ether oxygens (including phenoxy) is 2. The number of nitrogens with zero attached hydrogens (tertiary/aromatic N) is 2. The smallest absolute Gasteiger partial charge is 0.231 e. The Morgan fingerprint density at radius 1 is 1.07 bits per heavy atom. The van der Waals surface area contributed by atoms with Crippen LogP contribution in [-0.2, 0) is 6.54 Å². The van der Waals surface area contributed by atoms with E-state index in [2.05, 4.69) is 4.98 Å². The molecule has 2 aliphatic heterocycles. The average Bonchev–Trinajstić information content (AvgIpc) is 3.04. The maximum Gasteiger partial charge on any atom is 0.231 e. The number of ketones is 1. The van der Waals surface area contributed by atoms with Gasteiger partial charge >= 0.3 is 0 Å². The number of carbonyl (C=O) groups is 1. The summed E-state index contributed by atoms with van der Waals surface area (Å²) in [6, 6.07) is 10.3. The first-order valence-corrected chi connectivity index (χ1v) is 8.93. The molecule has 5 nitrogen and oxygen atoms in total. The summed E-state index contributed by atoms with van der Waals surface area (Å²) in [5.74, 6) is -0.389. The fourth-order valence-electron chi connectivity index (χ4n) is 3.46. The standard InChI is InChI=1S/C22H14F2N2O3/c23-14-1-3-18(17(24)10-14)26-11-16-19(28-12-26)4-2-15-21(27)20(29-22(15)16)9-13-5-7-25-8-6-13/h1-10H,11-12H2/b20-9-. The normalized spacial score (nSPS) is 16.3. The number of hydrogen-bond acceptors (Lipinski definition) is 5. The van der Waals surface area contributed by atoms with Crippen molar-refractivity contribution >= 4 is 17.5 Å². The number of allylic oxidation sites excluding steroid dienone is 1. The molecular formula is C22H14F2N2O3. The van der Waals surface area contributed by atoms with Crippen LogP contribution in [0.4, 0.5) is 14.5 Å². The summed E-state index contributed by atoms with van der Waals surface area (Å²) in [4.78, 5) is 18.3. The van der Waals surface area contributed by atoms with Gasteiger partial charge in [0.1, 0.15) is 23.1 Å². The largest absolute Gasteiger partial charge is 0.473 e. The molecule has 0 aliphatic carbocycles. The zero-order valence-corrected chi connectivity index (χ0v) is 15.1. The van der Waals surface area contributed by atoms with Gasteiger partial charge in [-0.25, -0.2) is 8.78 Å². The van der Waals surface area contributed by atoms with Crippen molar-refractivity contribution in [2.75, 3.05) is 11.6 Å². The molecule has 144 valence electrons. The van der Waals surface area contributed by atoms with Crippen molar-refractivity contribution in [3.8, 4) is 11.5 Å². The predicted octanol–water partition coefficient (Wildman–Crippen LogP) is 4.33. The molecule has 1 aromatic heterocycles. The van der Waals surface area contributed by atoms with E-state index in [1.807, 2.05) is 0 Å². The van der Waals surface area contributed by atoms with Gasteiger partial charge < -0.3 is 14.4 Å². The van der Waals surface area contributed by atoms with Gasteiger partial charge in [-0.2, -0.15) is 0 Å². The number of hydrogen-bond donors (Lipinski definition) is 0. The highest BCUT2D eigenvalue weighted by Gasteiger charge is 2.34. The van der Waals surface area contributed by atoms with Crippen molar-refractivity contribution < 1.29 is 23.0 Å². The summed E-state index contributed by atoms with van der Waals surface area (Å²) in [6.45, 7) is 0.360. The van der Waals surface area contributed by atoms with Gasteiger partial charge in [0.15, 0.2) is 12.5 Å². The molecule has 5 rings (SSSR count). The highest BCUT2D eigenvalue weighted by molar-refractivity contribution is 6.15. The van der Waals surface area contributed by atoms with Crippen molar-refractivity contribution in [1.82, 2.24) is 4.98 Å². The zero-order valence-electron chi connectivity index (χ0n) is 15.1. The first-order valence-electron chi connectivity index (χ1n) is 8.93. The van der Waals surface area contributed by atoms with Gasteiger partial charge in [-0.1, -0.05) is 0 Å². The van der Waals surface area contributed by atoms with E-state index in [4.69, 9.17) is 9.47 Å². The van der Waals surface area contributed by atoms with Gasteiger partial charge in [0.25, 0.3) is 0 Å².